The minimum absolute atomic E-state index is 0. The van der Waals surface area contributed by atoms with E-state index in [9.17, 15) is 0 Å². The van der Waals surface area contributed by atoms with Crippen molar-refractivity contribution in [2.75, 3.05) is 6.61 Å². The van der Waals surface area contributed by atoms with Crippen LogP contribution < -0.4 is 0 Å². The Hall–Kier alpha value is -1.87. The third-order valence-electron chi connectivity index (χ3n) is 5.03. The molecule has 0 unspecified atom stereocenters. The fourth-order valence-electron chi connectivity index (χ4n) is 3.77. The second kappa shape index (κ2) is 8.88. The first-order chi connectivity index (χ1) is 12.7. The standard InChI is InChI=1S/C23H22ClNO.ClH/c24-19-9-2-8-18(14-19)23-15-21(20-10-3-11-22(20)25-23)17-7-1-5-16(13-17)6-4-12-26;/h1-2,5,7-9,13-15,26H,3-4,6,10-12H2;1H. The minimum Gasteiger partial charge on any atom is -0.396 e. The molecule has 0 amide bonds. The van der Waals surface area contributed by atoms with Gasteiger partial charge in [0.15, 0.2) is 0 Å². The van der Waals surface area contributed by atoms with Crippen molar-refractivity contribution in [1.82, 2.24) is 4.98 Å². The minimum atomic E-state index is 0. The number of fused-ring (bicyclic) bond motifs is 1. The summed E-state index contributed by atoms with van der Waals surface area (Å²) in [5.74, 6) is 0. The average molecular weight is 400 g/mol. The number of aliphatic hydroxyl groups is 1. The summed E-state index contributed by atoms with van der Waals surface area (Å²) in [4.78, 5) is 4.93. The third kappa shape index (κ3) is 4.35. The summed E-state index contributed by atoms with van der Waals surface area (Å²) in [5, 5.41) is 9.84. The highest BCUT2D eigenvalue weighted by molar-refractivity contribution is 6.30. The van der Waals surface area contributed by atoms with Crippen LogP contribution in [0.5, 0.6) is 0 Å². The van der Waals surface area contributed by atoms with Gasteiger partial charge >= 0.3 is 0 Å². The van der Waals surface area contributed by atoms with Gasteiger partial charge in [0.05, 0.1) is 5.69 Å². The average Bonchev–Trinajstić information content (AvgIpc) is 3.14. The number of hydrogen-bond acceptors (Lipinski definition) is 2. The lowest BCUT2D eigenvalue weighted by Crippen LogP contribution is -1.97. The molecule has 0 atom stereocenters. The molecule has 4 heteroatoms. The van der Waals surface area contributed by atoms with Crippen LogP contribution in [0.4, 0.5) is 0 Å². The third-order valence-corrected chi connectivity index (χ3v) is 5.27. The SMILES string of the molecule is Cl.OCCCc1cccc(-c2cc(-c3cccc(Cl)c3)nc3c2CCC3)c1. The zero-order valence-corrected chi connectivity index (χ0v) is 16.7. The van der Waals surface area contributed by atoms with Crippen LogP contribution in [0, 0.1) is 0 Å². The van der Waals surface area contributed by atoms with E-state index in [0.29, 0.717) is 0 Å². The van der Waals surface area contributed by atoms with E-state index in [-0.39, 0.29) is 19.0 Å². The Morgan fingerprint density at radius 3 is 2.59 bits per heavy atom. The Kier molecular flexibility index (Phi) is 6.54. The van der Waals surface area contributed by atoms with Gasteiger partial charge in [-0.3, -0.25) is 4.98 Å². The van der Waals surface area contributed by atoms with Crippen molar-refractivity contribution < 1.29 is 5.11 Å². The zero-order chi connectivity index (χ0) is 17.9. The van der Waals surface area contributed by atoms with Gasteiger partial charge in [-0.15, -0.1) is 12.4 Å². The van der Waals surface area contributed by atoms with Gasteiger partial charge in [0.25, 0.3) is 0 Å². The molecule has 0 spiro atoms. The Balaban J connectivity index is 0.00000210. The summed E-state index contributed by atoms with van der Waals surface area (Å²) in [6.45, 7) is 0.230. The fourth-order valence-corrected chi connectivity index (χ4v) is 3.96. The molecule has 0 saturated carbocycles. The Morgan fingerprint density at radius 2 is 1.78 bits per heavy atom. The van der Waals surface area contributed by atoms with Crippen molar-refractivity contribution in [2.45, 2.75) is 32.1 Å². The number of pyridine rings is 1. The van der Waals surface area contributed by atoms with E-state index >= 15 is 0 Å². The largest absolute Gasteiger partial charge is 0.396 e. The van der Waals surface area contributed by atoms with Crippen LogP contribution >= 0.6 is 24.0 Å². The molecule has 0 bridgehead atoms. The monoisotopic (exact) mass is 399 g/mol. The molecule has 0 radical (unpaired) electrons. The molecule has 140 valence electrons. The quantitative estimate of drug-likeness (QED) is 0.578. The summed E-state index contributed by atoms with van der Waals surface area (Å²) in [6.07, 6.45) is 5.00. The summed E-state index contributed by atoms with van der Waals surface area (Å²) in [5.41, 5.74) is 8.45. The molecule has 1 aromatic heterocycles. The second-order valence-electron chi connectivity index (χ2n) is 6.87. The smallest absolute Gasteiger partial charge is 0.0712 e. The maximum atomic E-state index is 9.11. The fraction of sp³-hybridized carbons (Fsp3) is 0.261. The lowest BCUT2D eigenvalue weighted by Gasteiger charge is -2.13. The van der Waals surface area contributed by atoms with Gasteiger partial charge in [-0.05, 0) is 72.6 Å². The molecule has 1 aliphatic rings. The van der Waals surface area contributed by atoms with Crippen LogP contribution in [0.25, 0.3) is 22.4 Å². The van der Waals surface area contributed by atoms with E-state index < -0.39 is 0 Å². The molecule has 4 rings (SSSR count). The number of benzene rings is 2. The summed E-state index contributed by atoms with van der Waals surface area (Å²) in [7, 11) is 0. The molecule has 0 fully saturated rings. The molecule has 1 N–H and O–H groups in total. The highest BCUT2D eigenvalue weighted by Crippen LogP contribution is 2.35. The van der Waals surface area contributed by atoms with Gasteiger partial charge in [0.2, 0.25) is 0 Å². The van der Waals surface area contributed by atoms with Gasteiger partial charge in [0.1, 0.15) is 0 Å². The van der Waals surface area contributed by atoms with E-state index in [0.717, 1.165) is 42.0 Å². The number of nitrogens with zero attached hydrogens (tertiary/aromatic N) is 1. The lowest BCUT2D eigenvalue weighted by molar-refractivity contribution is 0.288. The van der Waals surface area contributed by atoms with Crippen LogP contribution in [-0.4, -0.2) is 16.7 Å². The molecule has 0 aliphatic heterocycles. The molecular formula is C23H23Cl2NO. The molecular weight excluding hydrogens is 377 g/mol. The lowest BCUT2D eigenvalue weighted by atomic mass is 9.95. The number of hydrogen-bond donors (Lipinski definition) is 1. The van der Waals surface area contributed by atoms with Crippen LogP contribution in [0.3, 0.4) is 0 Å². The van der Waals surface area contributed by atoms with Gasteiger partial charge < -0.3 is 5.11 Å². The molecule has 2 nitrogen and oxygen atoms in total. The van der Waals surface area contributed by atoms with Gasteiger partial charge in [-0.2, -0.15) is 0 Å². The van der Waals surface area contributed by atoms with Crippen molar-refractivity contribution in [2.24, 2.45) is 0 Å². The first-order valence-corrected chi connectivity index (χ1v) is 9.61. The number of aryl methyl sites for hydroxylation is 2. The number of aliphatic hydroxyl groups excluding tert-OH is 1. The predicted octanol–water partition coefficient (Wildman–Crippen LogP) is 5.90. The van der Waals surface area contributed by atoms with E-state index in [1.54, 1.807) is 0 Å². The van der Waals surface area contributed by atoms with Crippen LogP contribution in [-0.2, 0) is 19.3 Å². The number of rotatable bonds is 5. The summed E-state index contributed by atoms with van der Waals surface area (Å²) < 4.78 is 0. The van der Waals surface area contributed by atoms with Crippen molar-refractivity contribution in [3.05, 3.63) is 76.4 Å². The number of halogens is 2. The Bertz CT molecular complexity index is 939. The van der Waals surface area contributed by atoms with Crippen LogP contribution in [0.1, 0.15) is 29.7 Å². The Labute approximate surface area is 171 Å². The first-order valence-electron chi connectivity index (χ1n) is 9.23. The van der Waals surface area contributed by atoms with E-state index in [1.165, 1.54) is 34.4 Å². The molecule has 2 aromatic carbocycles. The van der Waals surface area contributed by atoms with Crippen LogP contribution in [0.2, 0.25) is 5.02 Å². The predicted molar refractivity (Wildman–Crippen MR) is 115 cm³/mol. The maximum absolute atomic E-state index is 9.11. The normalized spacial score (nSPS) is 12.5. The summed E-state index contributed by atoms with van der Waals surface area (Å²) in [6, 6.07) is 18.8. The van der Waals surface area contributed by atoms with Crippen LogP contribution in [0.15, 0.2) is 54.6 Å². The zero-order valence-electron chi connectivity index (χ0n) is 15.1. The number of aromatic nitrogens is 1. The van der Waals surface area contributed by atoms with Gasteiger partial charge in [-0.25, -0.2) is 0 Å². The molecule has 27 heavy (non-hydrogen) atoms. The molecule has 0 saturated heterocycles. The molecule has 1 heterocycles. The van der Waals surface area contributed by atoms with Gasteiger partial charge in [0, 0.05) is 22.9 Å². The topological polar surface area (TPSA) is 33.1 Å². The van der Waals surface area contributed by atoms with Crippen molar-refractivity contribution >= 4 is 24.0 Å². The maximum Gasteiger partial charge on any atom is 0.0712 e. The van der Waals surface area contributed by atoms with E-state index in [2.05, 4.69) is 36.4 Å². The van der Waals surface area contributed by atoms with Gasteiger partial charge in [-0.1, -0.05) is 48.0 Å². The van der Waals surface area contributed by atoms with E-state index in [4.69, 9.17) is 21.7 Å². The highest BCUT2D eigenvalue weighted by Gasteiger charge is 2.19. The summed E-state index contributed by atoms with van der Waals surface area (Å²) >= 11 is 6.19. The van der Waals surface area contributed by atoms with Crippen molar-refractivity contribution in [3.63, 3.8) is 0 Å². The van der Waals surface area contributed by atoms with Crippen molar-refractivity contribution in [1.29, 1.82) is 0 Å². The first kappa shape index (κ1) is 19.9. The molecule has 1 aliphatic carbocycles. The van der Waals surface area contributed by atoms with Crippen molar-refractivity contribution in [3.8, 4) is 22.4 Å². The highest BCUT2D eigenvalue weighted by atomic mass is 35.5. The molecule has 3 aromatic rings. The van der Waals surface area contributed by atoms with E-state index in [1.807, 2.05) is 18.2 Å². The Morgan fingerprint density at radius 1 is 0.963 bits per heavy atom. The second-order valence-corrected chi connectivity index (χ2v) is 7.31.